The smallest absolute Gasteiger partial charge is 0.351 e. The number of hydrogen-bond acceptors (Lipinski definition) is 4. The molecule has 7 heteroatoms. The van der Waals surface area contributed by atoms with Crippen LogP contribution in [-0.2, 0) is 19.1 Å². The first-order valence-corrected chi connectivity index (χ1v) is 5.98. The fourth-order valence-corrected chi connectivity index (χ4v) is 2.07. The number of anilines is 1. The number of rotatable bonds is 2. The van der Waals surface area contributed by atoms with Crippen molar-refractivity contribution in [2.75, 3.05) is 11.9 Å². The van der Waals surface area contributed by atoms with Crippen LogP contribution >= 0.6 is 0 Å². The molecular formula is C11H13F3N4. The van der Waals surface area contributed by atoms with Gasteiger partial charge in [0.1, 0.15) is 0 Å². The van der Waals surface area contributed by atoms with Crippen LogP contribution in [0.25, 0.3) is 0 Å². The Morgan fingerprint density at radius 3 is 2.67 bits per heavy atom. The zero-order valence-corrected chi connectivity index (χ0v) is 9.64. The molecule has 3 rings (SSSR count). The molecule has 0 spiro atoms. The summed E-state index contributed by atoms with van der Waals surface area (Å²) in [6.45, 7) is 0.912. The Kier molecular flexibility index (Phi) is 2.65. The number of nitrogens with one attached hydrogen (secondary N) is 2. The largest absolute Gasteiger partial charge is 0.433 e. The lowest BCUT2D eigenvalue weighted by Crippen LogP contribution is -2.29. The molecule has 2 heterocycles. The summed E-state index contributed by atoms with van der Waals surface area (Å²) in [5.74, 6) is 0.104. The normalized spacial score (nSPS) is 19.5. The van der Waals surface area contributed by atoms with E-state index >= 15 is 0 Å². The van der Waals surface area contributed by atoms with Gasteiger partial charge in [-0.3, -0.25) is 0 Å². The average Bonchev–Trinajstić information content (AvgIpc) is 3.10. The topological polar surface area (TPSA) is 49.8 Å². The lowest BCUT2D eigenvalue weighted by Gasteiger charge is -2.21. The molecule has 1 fully saturated rings. The first-order valence-electron chi connectivity index (χ1n) is 5.98. The first-order chi connectivity index (χ1) is 8.54. The summed E-state index contributed by atoms with van der Waals surface area (Å²) in [6, 6.07) is 0.237. The molecule has 0 bridgehead atoms. The minimum absolute atomic E-state index is 0.104. The lowest BCUT2D eigenvalue weighted by molar-refractivity contribution is -0.141. The molecule has 2 N–H and O–H groups in total. The molecule has 0 atom stereocenters. The Morgan fingerprint density at radius 1 is 1.22 bits per heavy atom. The van der Waals surface area contributed by atoms with Crippen LogP contribution in [0.1, 0.15) is 29.8 Å². The molecule has 1 aliphatic heterocycles. The van der Waals surface area contributed by atoms with Crippen LogP contribution in [0, 0.1) is 0 Å². The SMILES string of the molecule is FC(F)(F)c1nc(NC2CC2)nc2c1CCNC2. The summed E-state index contributed by atoms with van der Waals surface area (Å²) in [5.41, 5.74) is -0.0773. The van der Waals surface area contributed by atoms with Gasteiger partial charge < -0.3 is 10.6 Å². The van der Waals surface area contributed by atoms with Crippen molar-refractivity contribution in [3.05, 3.63) is 17.0 Å². The quantitative estimate of drug-likeness (QED) is 0.848. The van der Waals surface area contributed by atoms with Crippen LogP contribution in [0.15, 0.2) is 0 Å². The van der Waals surface area contributed by atoms with Crippen molar-refractivity contribution in [1.29, 1.82) is 0 Å². The van der Waals surface area contributed by atoms with Crippen molar-refractivity contribution in [2.24, 2.45) is 0 Å². The molecule has 0 saturated heterocycles. The third-order valence-corrected chi connectivity index (χ3v) is 3.12. The summed E-state index contributed by atoms with van der Waals surface area (Å²) in [6.07, 6.45) is -2.14. The molecule has 1 saturated carbocycles. The van der Waals surface area contributed by atoms with E-state index in [2.05, 4.69) is 20.6 Å². The third kappa shape index (κ3) is 2.27. The standard InChI is InChI=1S/C11H13F3N4/c12-11(13,14)9-7-3-4-15-5-8(7)17-10(18-9)16-6-1-2-6/h6,15H,1-5H2,(H,16,17,18). The molecule has 0 amide bonds. The van der Waals surface area contributed by atoms with Crippen LogP contribution in [-0.4, -0.2) is 22.6 Å². The molecule has 0 unspecified atom stereocenters. The highest BCUT2D eigenvalue weighted by Gasteiger charge is 2.38. The Bertz CT molecular complexity index is 468. The fourth-order valence-electron chi connectivity index (χ4n) is 2.07. The molecule has 2 aliphatic rings. The second-order valence-corrected chi connectivity index (χ2v) is 4.66. The number of nitrogens with zero attached hydrogens (tertiary/aromatic N) is 2. The van der Waals surface area contributed by atoms with Crippen molar-refractivity contribution in [3.63, 3.8) is 0 Å². The van der Waals surface area contributed by atoms with Gasteiger partial charge in [-0.05, 0) is 25.8 Å². The summed E-state index contributed by atoms with van der Waals surface area (Å²) < 4.78 is 38.9. The average molecular weight is 258 g/mol. The van der Waals surface area contributed by atoms with Gasteiger partial charge in [-0.25, -0.2) is 9.97 Å². The highest BCUT2D eigenvalue weighted by atomic mass is 19.4. The Morgan fingerprint density at radius 2 is 2.00 bits per heavy atom. The van der Waals surface area contributed by atoms with Crippen molar-refractivity contribution in [1.82, 2.24) is 15.3 Å². The highest BCUT2D eigenvalue weighted by Crippen LogP contribution is 2.34. The predicted molar refractivity (Wildman–Crippen MR) is 59.1 cm³/mol. The summed E-state index contributed by atoms with van der Waals surface area (Å²) in [4.78, 5) is 7.85. The lowest BCUT2D eigenvalue weighted by atomic mass is 10.0. The Labute approximate surface area is 102 Å². The molecule has 1 aliphatic carbocycles. The van der Waals surface area contributed by atoms with E-state index in [9.17, 15) is 13.2 Å². The minimum atomic E-state index is -4.41. The molecule has 4 nitrogen and oxygen atoms in total. The van der Waals surface area contributed by atoms with E-state index in [1.165, 1.54) is 0 Å². The van der Waals surface area contributed by atoms with E-state index in [0.717, 1.165) is 12.8 Å². The first kappa shape index (κ1) is 11.7. The number of halogens is 3. The van der Waals surface area contributed by atoms with E-state index in [1.807, 2.05) is 0 Å². The van der Waals surface area contributed by atoms with E-state index in [-0.39, 0.29) is 17.6 Å². The van der Waals surface area contributed by atoms with Crippen molar-refractivity contribution in [2.45, 2.75) is 38.0 Å². The maximum atomic E-state index is 13.0. The summed E-state index contributed by atoms with van der Waals surface area (Å²) >= 11 is 0. The van der Waals surface area contributed by atoms with Gasteiger partial charge >= 0.3 is 6.18 Å². The maximum Gasteiger partial charge on any atom is 0.433 e. The van der Waals surface area contributed by atoms with Gasteiger partial charge in [0.05, 0.1) is 5.69 Å². The number of fused-ring (bicyclic) bond motifs is 1. The van der Waals surface area contributed by atoms with Gasteiger partial charge in [-0.15, -0.1) is 0 Å². The fraction of sp³-hybridized carbons (Fsp3) is 0.636. The highest BCUT2D eigenvalue weighted by molar-refractivity contribution is 5.38. The number of alkyl halides is 3. The van der Waals surface area contributed by atoms with Gasteiger partial charge in [0, 0.05) is 18.2 Å². The van der Waals surface area contributed by atoms with Crippen LogP contribution < -0.4 is 10.6 Å². The predicted octanol–water partition coefficient (Wildman–Crippen LogP) is 1.72. The maximum absolute atomic E-state index is 13.0. The molecular weight excluding hydrogens is 245 g/mol. The number of aromatic nitrogens is 2. The van der Waals surface area contributed by atoms with Crippen LogP contribution in [0.2, 0.25) is 0 Å². The van der Waals surface area contributed by atoms with E-state index in [4.69, 9.17) is 0 Å². The van der Waals surface area contributed by atoms with Crippen LogP contribution in [0.4, 0.5) is 19.1 Å². The van der Waals surface area contributed by atoms with Gasteiger partial charge in [-0.2, -0.15) is 13.2 Å². The monoisotopic (exact) mass is 258 g/mol. The van der Waals surface area contributed by atoms with Gasteiger partial charge in [0.15, 0.2) is 5.69 Å². The van der Waals surface area contributed by atoms with Crippen molar-refractivity contribution in [3.8, 4) is 0 Å². The summed E-state index contributed by atoms with van der Waals surface area (Å²) in [5, 5.41) is 5.96. The third-order valence-electron chi connectivity index (χ3n) is 3.12. The Hall–Kier alpha value is -1.37. The second kappa shape index (κ2) is 4.08. The molecule has 0 aromatic carbocycles. The zero-order chi connectivity index (χ0) is 12.8. The molecule has 1 aromatic rings. The molecule has 98 valence electrons. The van der Waals surface area contributed by atoms with Gasteiger partial charge in [-0.1, -0.05) is 0 Å². The van der Waals surface area contributed by atoms with Crippen molar-refractivity contribution < 1.29 is 13.2 Å². The van der Waals surface area contributed by atoms with E-state index in [1.54, 1.807) is 0 Å². The molecule has 0 radical (unpaired) electrons. The van der Waals surface area contributed by atoms with Gasteiger partial charge in [0.2, 0.25) is 5.95 Å². The van der Waals surface area contributed by atoms with E-state index < -0.39 is 11.9 Å². The summed E-state index contributed by atoms with van der Waals surface area (Å²) in [7, 11) is 0. The van der Waals surface area contributed by atoms with Gasteiger partial charge in [0.25, 0.3) is 0 Å². The zero-order valence-electron chi connectivity index (χ0n) is 9.64. The molecule has 18 heavy (non-hydrogen) atoms. The van der Waals surface area contributed by atoms with Crippen molar-refractivity contribution >= 4 is 5.95 Å². The Balaban J connectivity index is 2.02. The number of hydrogen-bond donors (Lipinski definition) is 2. The van der Waals surface area contributed by atoms with E-state index in [0.29, 0.717) is 25.2 Å². The van der Waals surface area contributed by atoms with Crippen LogP contribution in [0.3, 0.4) is 0 Å². The second-order valence-electron chi connectivity index (χ2n) is 4.66. The minimum Gasteiger partial charge on any atom is -0.351 e. The molecule has 1 aromatic heterocycles. The van der Waals surface area contributed by atoms with Crippen LogP contribution in [0.5, 0.6) is 0 Å².